The molecule has 1 amide bonds. The van der Waals surface area contributed by atoms with Crippen molar-refractivity contribution >= 4 is 35.7 Å². The number of hydrogen-bond donors (Lipinski definition) is 0. The fraction of sp³-hybridized carbons (Fsp3) is 0.476. The number of hydrogen-bond acceptors (Lipinski definition) is 4. The molecule has 1 aliphatic heterocycles. The molecule has 0 radical (unpaired) electrons. The Morgan fingerprint density at radius 2 is 2.00 bits per heavy atom. The lowest BCUT2D eigenvalue weighted by Crippen LogP contribution is -2.42. The molecule has 1 aliphatic rings. The lowest BCUT2D eigenvalue weighted by atomic mass is 9.71. The van der Waals surface area contributed by atoms with Gasteiger partial charge in [-0.2, -0.15) is 0 Å². The SMILES string of the molecule is CC(c1ccc(Br)nc1)[C@@]1(C)C(=O)N(COCC[Si](C)(C)C)c2ncccc21. The molecule has 150 valence electrons. The maximum absolute atomic E-state index is 13.5. The third kappa shape index (κ3) is 4.07. The quantitative estimate of drug-likeness (QED) is 0.332. The second-order valence-corrected chi connectivity index (χ2v) is 15.2. The van der Waals surface area contributed by atoms with Gasteiger partial charge in [0, 0.05) is 38.6 Å². The molecule has 2 aromatic heterocycles. The number of carbonyl (C=O) groups excluding carboxylic acids is 1. The molecule has 28 heavy (non-hydrogen) atoms. The topological polar surface area (TPSA) is 55.3 Å². The van der Waals surface area contributed by atoms with Crippen LogP contribution >= 0.6 is 15.9 Å². The van der Waals surface area contributed by atoms with Crippen LogP contribution in [0.1, 0.15) is 30.9 Å². The maximum Gasteiger partial charge on any atom is 0.241 e. The van der Waals surface area contributed by atoms with E-state index in [2.05, 4.69) is 52.5 Å². The highest BCUT2D eigenvalue weighted by Gasteiger charge is 2.52. The molecule has 0 fully saturated rings. The van der Waals surface area contributed by atoms with Gasteiger partial charge in [0.2, 0.25) is 5.91 Å². The molecule has 3 heterocycles. The van der Waals surface area contributed by atoms with Crippen LogP contribution in [0.25, 0.3) is 0 Å². The number of rotatable bonds is 7. The van der Waals surface area contributed by atoms with Gasteiger partial charge in [-0.25, -0.2) is 9.97 Å². The monoisotopic (exact) mass is 461 g/mol. The first-order chi connectivity index (χ1) is 13.1. The predicted octanol–water partition coefficient (Wildman–Crippen LogP) is 4.96. The Hall–Kier alpha value is -1.57. The van der Waals surface area contributed by atoms with Gasteiger partial charge in [0.25, 0.3) is 0 Å². The first kappa shape index (κ1) is 21.1. The number of aromatic nitrogens is 2. The fourth-order valence-electron chi connectivity index (χ4n) is 3.56. The Bertz CT molecular complexity index is 853. The van der Waals surface area contributed by atoms with Crippen LogP contribution in [-0.2, 0) is 14.9 Å². The Balaban J connectivity index is 1.86. The molecule has 2 atom stereocenters. The first-order valence-electron chi connectivity index (χ1n) is 9.61. The van der Waals surface area contributed by atoms with Crippen molar-refractivity contribution < 1.29 is 9.53 Å². The summed E-state index contributed by atoms with van der Waals surface area (Å²) in [6.07, 6.45) is 3.56. The maximum atomic E-state index is 13.5. The van der Waals surface area contributed by atoms with Crippen LogP contribution in [-0.4, -0.2) is 37.3 Å². The molecule has 0 bridgehead atoms. The highest BCUT2D eigenvalue weighted by molar-refractivity contribution is 9.10. The lowest BCUT2D eigenvalue weighted by molar-refractivity contribution is -0.124. The fourth-order valence-corrected chi connectivity index (χ4v) is 4.55. The first-order valence-corrected chi connectivity index (χ1v) is 14.1. The smallest absolute Gasteiger partial charge is 0.241 e. The van der Waals surface area contributed by atoms with Gasteiger partial charge in [0.15, 0.2) is 0 Å². The highest BCUT2D eigenvalue weighted by atomic mass is 79.9. The van der Waals surface area contributed by atoms with Crippen LogP contribution in [0.2, 0.25) is 25.7 Å². The summed E-state index contributed by atoms with van der Waals surface area (Å²) in [4.78, 5) is 24.1. The number of pyridine rings is 2. The van der Waals surface area contributed by atoms with E-state index in [-0.39, 0.29) is 18.6 Å². The van der Waals surface area contributed by atoms with Gasteiger partial charge in [-0.1, -0.05) is 38.7 Å². The van der Waals surface area contributed by atoms with E-state index in [1.807, 2.05) is 37.4 Å². The summed E-state index contributed by atoms with van der Waals surface area (Å²) < 4.78 is 6.68. The molecule has 0 spiro atoms. The standard InChI is InChI=1S/C21H28BrN3O2Si/c1-15(16-8-9-18(22)24-13-16)21(2)17-7-6-10-23-19(17)25(20(21)26)14-27-11-12-28(3,4)5/h6-10,13,15H,11-12,14H2,1-5H3/t15?,21-/m1/s1. The van der Waals surface area contributed by atoms with Crippen molar-refractivity contribution in [2.45, 2.75) is 50.9 Å². The number of amides is 1. The van der Waals surface area contributed by atoms with E-state index in [0.717, 1.165) is 21.8 Å². The third-order valence-electron chi connectivity index (χ3n) is 5.62. The van der Waals surface area contributed by atoms with E-state index in [4.69, 9.17) is 4.74 Å². The zero-order valence-corrected chi connectivity index (χ0v) is 19.8. The van der Waals surface area contributed by atoms with Crippen molar-refractivity contribution in [3.63, 3.8) is 0 Å². The van der Waals surface area contributed by atoms with Crippen molar-refractivity contribution in [3.8, 4) is 0 Å². The van der Waals surface area contributed by atoms with Crippen LogP contribution in [0.3, 0.4) is 0 Å². The van der Waals surface area contributed by atoms with Crippen LogP contribution in [0.15, 0.2) is 41.3 Å². The zero-order valence-electron chi connectivity index (χ0n) is 17.2. The average molecular weight is 462 g/mol. The summed E-state index contributed by atoms with van der Waals surface area (Å²) >= 11 is 3.38. The summed E-state index contributed by atoms with van der Waals surface area (Å²) in [6, 6.07) is 8.90. The van der Waals surface area contributed by atoms with Crippen molar-refractivity contribution in [1.29, 1.82) is 0 Å². The third-order valence-corrected chi connectivity index (χ3v) is 7.80. The van der Waals surface area contributed by atoms with Crippen molar-refractivity contribution in [2.75, 3.05) is 18.2 Å². The number of carbonyl (C=O) groups is 1. The van der Waals surface area contributed by atoms with E-state index in [1.54, 1.807) is 11.1 Å². The Labute approximate surface area is 176 Å². The van der Waals surface area contributed by atoms with Gasteiger partial charge in [0.1, 0.15) is 17.2 Å². The molecular weight excluding hydrogens is 434 g/mol. The van der Waals surface area contributed by atoms with Gasteiger partial charge in [-0.05, 0) is 46.6 Å². The number of nitrogens with zero attached hydrogens (tertiary/aromatic N) is 3. The molecule has 0 aliphatic carbocycles. The summed E-state index contributed by atoms with van der Waals surface area (Å²) in [5, 5.41) is 0. The van der Waals surface area contributed by atoms with E-state index < -0.39 is 13.5 Å². The van der Waals surface area contributed by atoms with Crippen LogP contribution < -0.4 is 4.90 Å². The second-order valence-electron chi connectivity index (χ2n) is 8.79. The largest absolute Gasteiger partial charge is 0.361 e. The summed E-state index contributed by atoms with van der Waals surface area (Å²) in [5.74, 6) is 0.695. The van der Waals surface area contributed by atoms with Gasteiger partial charge < -0.3 is 4.74 Å². The Morgan fingerprint density at radius 3 is 2.64 bits per heavy atom. The molecule has 7 heteroatoms. The number of halogens is 1. The highest BCUT2D eigenvalue weighted by Crippen LogP contribution is 2.48. The molecule has 2 aromatic rings. The van der Waals surface area contributed by atoms with Crippen molar-refractivity contribution in [1.82, 2.24) is 9.97 Å². The molecule has 0 N–H and O–H groups in total. The van der Waals surface area contributed by atoms with Crippen molar-refractivity contribution in [2.24, 2.45) is 0 Å². The minimum atomic E-state index is -1.17. The van der Waals surface area contributed by atoms with E-state index in [9.17, 15) is 4.79 Å². The van der Waals surface area contributed by atoms with E-state index in [1.165, 1.54) is 0 Å². The molecule has 0 saturated heterocycles. The average Bonchev–Trinajstić information content (AvgIpc) is 2.87. The van der Waals surface area contributed by atoms with E-state index >= 15 is 0 Å². The number of anilines is 1. The molecule has 3 rings (SSSR count). The van der Waals surface area contributed by atoms with E-state index in [0.29, 0.717) is 12.4 Å². The summed E-state index contributed by atoms with van der Waals surface area (Å²) in [6.45, 7) is 12.0. The van der Waals surface area contributed by atoms with Crippen molar-refractivity contribution in [3.05, 3.63) is 52.4 Å². The molecule has 0 aromatic carbocycles. The number of fused-ring (bicyclic) bond motifs is 1. The molecule has 0 saturated carbocycles. The van der Waals surface area contributed by atoms with Crippen LogP contribution in [0, 0.1) is 0 Å². The van der Waals surface area contributed by atoms with Gasteiger partial charge in [-0.3, -0.25) is 9.69 Å². The molecular formula is C21H28BrN3O2Si. The van der Waals surface area contributed by atoms with Gasteiger partial charge in [-0.15, -0.1) is 0 Å². The Morgan fingerprint density at radius 1 is 1.25 bits per heavy atom. The second kappa shape index (κ2) is 8.04. The van der Waals surface area contributed by atoms with Crippen LogP contribution in [0.5, 0.6) is 0 Å². The van der Waals surface area contributed by atoms with Gasteiger partial charge >= 0.3 is 0 Å². The Kier molecular flexibility index (Phi) is 6.07. The zero-order chi connectivity index (χ0) is 20.5. The minimum Gasteiger partial charge on any atom is -0.361 e. The summed E-state index contributed by atoms with van der Waals surface area (Å²) in [5.41, 5.74) is 1.26. The minimum absolute atomic E-state index is 0.0321. The van der Waals surface area contributed by atoms with Gasteiger partial charge in [0.05, 0.1) is 5.41 Å². The molecule has 1 unspecified atom stereocenters. The normalized spacial score (nSPS) is 20.4. The number of ether oxygens (including phenoxy) is 1. The summed E-state index contributed by atoms with van der Waals surface area (Å²) in [7, 11) is -1.17. The predicted molar refractivity (Wildman–Crippen MR) is 118 cm³/mol. The molecule has 5 nitrogen and oxygen atoms in total. The van der Waals surface area contributed by atoms with Crippen LogP contribution in [0.4, 0.5) is 5.82 Å². The lowest BCUT2D eigenvalue weighted by Gasteiger charge is -2.31.